The maximum absolute atomic E-state index is 11.7. The molecule has 0 aromatic rings. The maximum atomic E-state index is 11.7. The smallest absolute Gasteiger partial charge is 0.229 e. The van der Waals surface area contributed by atoms with Gasteiger partial charge in [0.2, 0.25) is 11.8 Å². The van der Waals surface area contributed by atoms with Crippen molar-refractivity contribution >= 4 is 23.4 Å². The van der Waals surface area contributed by atoms with Gasteiger partial charge in [-0.25, -0.2) is 0 Å². The zero-order chi connectivity index (χ0) is 12.1. The minimum atomic E-state index is -0.0122. The number of imide groups is 1. The van der Waals surface area contributed by atoms with Gasteiger partial charge in [-0.15, -0.1) is 11.6 Å². The molecule has 1 heterocycles. The average molecular weight is 246 g/mol. The fourth-order valence-corrected chi connectivity index (χ4v) is 2.33. The van der Waals surface area contributed by atoms with Gasteiger partial charge in [-0.2, -0.15) is 0 Å². The van der Waals surface area contributed by atoms with Crippen LogP contribution >= 0.6 is 11.6 Å². The maximum Gasteiger partial charge on any atom is 0.229 e. The molecule has 1 rings (SSSR count). The van der Waals surface area contributed by atoms with Gasteiger partial charge in [0.05, 0.1) is 0 Å². The summed E-state index contributed by atoms with van der Waals surface area (Å²) in [7, 11) is 0. The molecular formula is C12H20ClNO2. The Morgan fingerprint density at radius 1 is 1.31 bits per heavy atom. The lowest BCUT2D eigenvalue weighted by atomic mass is 9.96. The minimum absolute atomic E-state index is 0.0122. The van der Waals surface area contributed by atoms with Crippen molar-refractivity contribution in [3.05, 3.63) is 0 Å². The van der Waals surface area contributed by atoms with E-state index in [4.69, 9.17) is 11.6 Å². The third kappa shape index (κ3) is 3.78. The lowest BCUT2D eigenvalue weighted by molar-refractivity contribution is -0.149. The number of rotatable bonds is 5. The first-order chi connectivity index (χ1) is 7.54. The predicted molar refractivity (Wildman–Crippen MR) is 64.2 cm³/mol. The first-order valence-corrected chi connectivity index (χ1v) is 6.47. The third-order valence-corrected chi connectivity index (χ3v) is 3.31. The van der Waals surface area contributed by atoms with Crippen LogP contribution < -0.4 is 0 Å². The molecule has 4 heteroatoms. The summed E-state index contributed by atoms with van der Waals surface area (Å²) in [4.78, 5) is 24.8. The number of carbonyl (C=O) groups excluding carboxylic acids is 2. The van der Waals surface area contributed by atoms with Crippen LogP contribution in [-0.4, -0.2) is 29.1 Å². The van der Waals surface area contributed by atoms with Gasteiger partial charge in [-0.3, -0.25) is 14.5 Å². The predicted octanol–water partition coefficient (Wildman–Crippen LogP) is 2.43. The Kier molecular flexibility index (Phi) is 5.26. The largest absolute Gasteiger partial charge is 0.283 e. The number of piperidine rings is 1. The number of hydrogen-bond donors (Lipinski definition) is 0. The standard InChI is InChI=1S/C12H20ClNO2/c1-9(3-5-13)4-6-14-11(15)7-10(2)8-12(14)16/h9-10H,3-8H2,1-2H3. The minimum Gasteiger partial charge on any atom is -0.283 e. The topological polar surface area (TPSA) is 37.4 Å². The van der Waals surface area contributed by atoms with E-state index in [1.54, 1.807) is 0 Å². The fraction of sp³-hybridized carbons (Fsp3) is 0.833. The van der Waals surface area contributed by atoms with E-state index >= 15 is 0 Å². The second-order valence-corrected chi connectivity index (χ2v) is 5.20. The Labute approximate surface area is 102 Å². The van der Waals surface area contributed by atoms with Crippen LogP contribution in [0.2, 0.25) is 0 Å². The lowest BCUT2D eigenvalue weighted by Gasteiger charge is -2.29. The fourth-order valence-electron chi connectivity index (χ4n) is 1.96. The molecule has 0 aromatic heterocycles. The van der Waals surface area contributed by atoms with Crippen molar-refractivity contribution in [2.45, 2.75) is 39.5 Å². The highest BCUT2D eigenvalue weighted by Crippen LogP contribution is 2.20. The van der Waals surface area contributed by atoms with Gasteiger partial charge in [0.15, 0.2) is 0 Å². The van der Waals surface area contributed by atoms with Crippen LogP contribution in [0.3, 0.4) is 0 Å². The Balaban J connectivity index is 2.41. The molecule has 0 bridgehead atoms. The van der Waals surface area contributed by atoms with Crippen LogP contribution in [-0.2, 0) is 9.59 Å². The summed E-state index contributed by atoms with van der Waals surface area (Å²) in [5.41, 5.74) is 0. The van der Waals surface area contributed by atoms with Gasteiger partial charge in [0, 0.05) is 25.3 Å². The summed E-state index contributed by atoms with van der Waals surface area (Å²) >= 11 is 5.65. The van der Waals surface area contributed by atoms with E-state index in [0.717, 1.165) is 12.8 Å². The molecule has 0 N–H and O–H groups in total. The molecule has 0 aliphatic carbocycles. The Morgan fingerprint density at radius 2 is 1.88 bits per heavy atom. The molecule has 1 unspecified atom stereocenters. The normalized spacial score (nSPS) is 20.3. The molecule has 1 aliphatic heterocycles. The number of nitrogens with zero attached hydrogens (tertiary/aromatic N) is 1. The Morgan fingerprint density at radius 3 is 2.38 bits per heavy atom. The van der Waals surface area contributed by atoms with E-state index in [1.807, 2.05) is 6.92 Å². The summed E-state index contributed by atoms with van der Waals surface area (Å²) in [6.45, 7) is 4.61. The third-order valence-electron chi connectivity index (χ3n) is 3.10. The molecule has 1 fully saturated rings. The van der Waals surface area contributed by atoms with Crippen molar-refractivity contribution in [1.29, 1.82) is 0 Å². The molecule has 0 spiro atoms. The molecule has 92 valence electrons. The molecule has 0 aromatic carbocycles. The van der Waals surface area contributed by atoms with Crippen LogP contribution in [0.5, 0.6) is 0 Å². The number of likely N-dealkylation sites (tertiary alicyclic amines) is 1. The zero-order valence-electron chi connectivity index (χ0n) is 10.0. The highest BCUT2D eigenvalue weighted by Gasteiger charge is 2.29. The van der Waals surface area contributed by atoms with E-state index in [1.165, 1.54) is 4.90 Å². The highest BCUT2D eigenvalue weighted by atomic mass is 35.5. The molecule has 0 saturated carbocycles. The molecule has 16 heavy (non-hydrogen) atoms. The summed E-state index contributed by atoms with van der Waals surface area (Å²) in [5.74, 6) is 1.29. The van der Waals surface area contributed by atoms with Crippen molar-refractivity contribution in [2.24, 2.45) is 11.8 Å². The van der Waals surface area contributed by atoms with Crippen molar-refractivity contribution in [1.82, 2.24) is 4.90 Å². The Bertz CT molecular complexity index is 250. The van der Waals surface area contributed by atoms with E-state index in [2.05, 4.69) is 6.92 Å². The molecular weight excluding hydrogens is 226 g/mol. The van der Waals surface area contributed by atoms with Gasteiger partial charge in [-0.05, 0) is 24.7 Å². The molecule has 1 saturated heterocycles. The second-order valence-electron chi connectivity index (χ2n) is 4.82. The summed E-state index contributed by atoms with van der Waals surface area (Å²) in [6, 6.07) is 0. The van der Waals surface area contributed by atoms with Crippen molar-refractivity contribution in [2.75, 3.05) is 12.4 Å². The van der Waals surface area contributed by atoms with Crippen molar-refractivity contribution in [3.63, 3.8) is 0 Å². The van der Waals surface area contributed by atoms with E-state index in [9.17, 15) is 9.59 Å². The van der Waals surface area contributed by atoms with E-state index in [-0.39, 0.29) is 17.7 Å². The van der Waals surface area contributed by atoms with Gasteiger partial charge >= 0.3 is 0 Å². The number of alkyl halides is 1. The van der Waals surface area contributed by atoms with Gasteiger partial charge in [-0.1, -0.05) is 13.8 Å². The Hall–Kier alpha value is -0.570. The van der Waals surface area contributed by atoms with Gasteiger partial charge < -0.3 is 0 Å². The van der Waals surface area contributed by atoms with Crippen LogP contribution in [0.25, 0.3) is 0 Å². The van der Waals surface area contributed by atoms with Crippen LogP contribution in [0.1, 0.15) is 39.5 Å². The number of carbonyl (C=O) groups is 2. The molecule has 2 amide bonds. The summed E-state index contributed by atoms with van der Waals surface area (Å²) in [5, 5.41) is 0. The van der Waals surface area contributed by atoms with Crippen LogP contribution in [0.4, 0.5) is 0 Å². The highest BCUT2D eigenvalue weighted by molar-refractivity contribution is 6.17. The first-order valence-electron chi connectivity index (χ1n) is 5.93. The molecule has 1 atom stereocenters. The van der Waals surface area contributed by atoms with E-state index in [0.29, 0.717) is 31.2 Å². The van der Waals surface area contributed by atoms with Crippen molar-refractivity contribution < 1.29 is 9.59 Å². The van der Waals surface area contributed by atoms with Crippen molar-refractivity contribution in [3.8, 4) is 0 Å². The SMILES string of the molecule is CC(CCCl)CCN1C(=O)CC(C)CC1=O. The van der Waals surface area contributed by atoms with Crippen LogP contribution in [0, 0.1) is 11.8 Å². The van der Waals surface area contributed by atoms with E-state index < -0.39 is 0 Å². The zero-order valence-corrected chi connectivity index (χ0v) is 10.8. The lowest BCUT2D eigenvalue weighted by Crippen LogP contribution is -2.43. The summed E-state index contributed by atoms with van der Waals surface area (Å²) in [6.07, 6.45) is 2.82. The van der Waals surface area contributed by atoms with Crippen LogP contribution in [0.15, 0.2) is 0 Å². The molecule has 1 aliphatic rings. The molecule has 0 radical (unpaired) electrons. The number of amides is 2. The number of halogens is 1. The first kappa shape index (κ1) is 13.5. The monoisotopic (exact) mass is 245 g/mol. The molecule has 3 nitrogen and oxygen atoms in total. The van der Waals surface area contributed by atoms with Gasteiger partial charge in [0.1, 0.15) is 0 Å². The summed E-state index contributed by atoms with van der Waals surface area (Å²) < 4.78 is 0. The second kappa shape index (κ2) is 6.24. The average Bonchev–Trinajstić information content (AvgIpc) is 2.16. The van der Waals surface area contributed by atoms with Gasteiger partial charge in [0.25, 0.3) is 0 Å². The number of hydrogen-bond acceptors (Lipinski definition) is 2. The quantitative estimate of drug-likeness (QED) is 0.551.